The third-order valence-corrected chi connectivity index (χ3v) is 7.18. The van der Waals surface area contributed by atoms with Gasteiger partial charge in [-0.3, -0.25) is 0 Å². The first kappa shape index (κ1) is 17.2. The van der Waals surface area contributed by atoms with Gasteiger partial charge in [-0.1, -0.05) is 72.8 Å². The summed E-state index contributed by atoms with van der Waals surface area (Å²) in [5, 5.41) is 1.06. The van der Waals surface area contributed by atoms with Crippen molar-refractivity contribution in [3.05, 3.63) is 107 Å². The van der Waals surface area contributed by atoms with Crippen molar-refractivity contribution in [1.29, 1.82) is 0 Å². The van der Waals surface area contributed by atoms with Crippen LogP contribution in [0.4, 0.5) is 0 Å². The highest BCUT2D eigenvalue weighted by molar-refractivity contribution is 7.88. The molecule has 0 amide bonds. The lowest BCUT2D eigenvalue weighted by Gasteiger charge is -2.25. The zero-order valence-electron chi connectivity index (χ0n) is 15.2. The first-order valence-corrected chi connectivity index (χ1v) is 10.9. The molecule has 1 atom stereocenters. The van der Waals surface area contributed by atoms with Gasteiger partial charge in [-0.2, -0.15) is 4.31 Å². The lowest BCUT2D eigenvalue weighted by atomic mass is 9.98. The fourth-order valence-corrected chi connectivity index (χ4v) is 5.79. The molecule has 0 bridgehead atoms. The Bertz CT molecular complexity index is 1250. The summed E-state index contributed by atoms with van der Waals surface area (Å²) in [5.41, 5.74) is 4.94. The van der Waals surface area contributed by atoms with Gasteiger partial charge in [0.25, 0.3) is 0 Å². The number of fused-ring (bicyclic) bond motifs is 2. The Morgan fingerprint density at radius 3 is 2.46 bits per heavy atom. The van der Waals surface area contributed by atoms with E-state index in [0.29, 0.717) is 6.54 Å². The Hall–Kier alpha value is -2.89. The molecule has 4 nitrogen and oxygen atoms in total. The summed E-state index contributed by atoms with van der Waals surface area (Å²) in [6.45, 7) is 0.398. The summed E-state index contributed by atoms with van der Waals surface area (Å²) >= 11 is 0. The van der Waals surface area contributed by atoms with E-state index in [4.69, 9.17) is 0 Å². The number of nitrogens with zero attached hydrogens (tertiary/aromatic N) is 1. The zero-order valence-corrected chi connectivity index (χ0v) is 16.1. The lowest BCUT2D eigenvalue weighted by molar-refractivity contribution is 0.388. The molecule has 5 rings (SSSR count). The van der Waals surface area contributed by atoms with E-state index in [0.717, 1.165) is 33.2 Å². The molecular weight excluding hydrogens is 368 g/mol. The van der Waals surface area contributed by atoms with Gasteiger partial charge in [0.2, 0.25) is 10.0 Å². The van der Waals surface area contributed by atoms with E-state index in [1.165, 1.54) is 0 Å². The zero-order chi connectivity index (χ0) is 19.1. The molecule has 0 aliphatic carbocycles. The van der Waals surface area contributed by atoms with E-state index < -0.39 is 10.0 Å². The van der Waals surface area contributed by atoms with Crippen LogP contribution in [0.3, 0.4) is 0 Å². The monoisotopic (exact) mass is 390 g/mol. The predicted molar refractivity (Wildman–Crippen MR) is 113 cm³/mol. The van der Waals surface area contributed by atoms with E-state index in [1.54, 1.807) is 4.31 Å². The molecule has 1 aliphatic heterocycles. The number of hydrogen-bond acceptors (Lipinski definition) is 2. The Kier molecular flexibility index (Phi) is 4.07. The molecule has 0 fully saturated rings. The number of hydrogen-bond donors (Lipinski definition) is 1. The molecule has 0 spiro atoms. The van der Waals surface area contributed by atoms with Crippen molar-refractivity contribution in [2.45, 2.75) is 18.3 Å². The maximum atomic E-state index is 13.4. The summed E-state index contributed by atoms with van der Waals surface area (Å²) in [4.78, 5) is 3.30. The summed E-state index contributed by atoms with van der Waals surface area (Å²) in [6.07, 6.45) is 1.95. The lowest BCUT2D eigenvalue weighted by Crippen LogP contribution is -2.31. The van der Waals surface area contributed by atoms with Crippen molar-refractivity contribution in [1.82, 2.24) is 9.29 Å². The Morgan fingerprint density at radius 2 is 1.61 bits per heavy atom. The number of benzene rings is 3. The minimum Gasteiger partial charge on any atom is -0.361 e. The third kappa shape index (κ3) is 2.84. The molecule has 2 heterocycles. The maximum Gasteiger partial charge on any atom is 0.219 e. The van der Waals surface area contributed by atoms with Gasteiger partial charge in [0.15, 0.2) is 0 Å². The summed E-state index contributed by atoms with van der Waals surface area (Å²) in [7, 11) is -3.51. The fraction of sp³-hybridized carbons (Fsp3) is 0.130. The van der Waals surface area contributed by atoms with Crippen LogP contribution < -0.4 is 0 Å². The normalized spacial score (nSPS) is 17.1. The summed E-state index contributed by atoms with van der Waals surface area (Å²) in [5.74, 6) is 0.000679. The molecule has 0 saturated carbocycles. The number of sulfonamides is 1. The molecule has 1 aliphatic rings. The van der Waals surface area contributed by atoms with Crippen molar-refractivity contribution >= 4 is 20.9 Å². The van der Waals surface area contributed by atoms with Crippen LogP contribution >= 0.6 is 0 Å². The minimum absolute atomic E-state index is 0. The largest absolute Gasteiger partial charge is 0.361 e. The van der Waals surface area contributed by atoms with Gasteiger partial charge in [0, 0.05) is 30.6 Å². The topological polar surface area (TPSA) is 53.2 Å². The molecule has 5 heteroatoms. The summed E-state index contributed by atoms with van der Waals surface area (Å²) in [6, 6.07) is 25.1. The fourth-order valence-electron chi connectivity index (χ4n) is 4.13. The van der Waals surface area contributed by atoms with Crippen molar-refractivity contribution in [3.63, 3.8) is 0 Å². The predicted octanol–water partition coefficient (Wildman–Crippen LogP) is 4.85. The molecule has 3 aromatic carbocycles. The Labute approximate surface area is 166 Å². The second-order valence-corrected chi connectivity index (χ2v) is 9.10. The van der Waals surface area contributed by atoms with Crippen LogP contribution in [-0.2, 0) is 22.3 Å². The van der Waals surface area contributed by atoms with Gasteiger partial charge in [-0.05, 0) is 22.8 Å². The van der Waals surface area contributed by atoms with Gasteiger partial charge in [0.1, 0.15) is 0 Å². The van der Waals surface area contributed by atoms with Crippen LogP contribution in [-0.4, -0.2) is 17.7 Å². The molecule has 142 valence electrons. The van der Waals surface area contributed by atoms with E-state index in [9.17, 15) is 8.42 Å². The second kappa shape index (κ2) is 6.62. The van der Waals surface area contributed by atoms with Gasteiger partial charge >= 0.3 is 0 Å². The Morgan fingerprint density at radius 1 is 0.893 bits per heavy atom. The van der Waals surface area contributed by atoms with Crippen LogP contribution in [0.25, 0.3) is 10.9 Å². The van der Waals surface area contributed by atoms with Gasteiger partial charge in [-0.15, -0.1) is 0 Å². The standard InChI is InChI=1S/C23H20N2O2S.H2/c26-28(27,16-17-8-2-1-3-9-17)25-15-18-10-4-5-11-19(18)23(25)21-14-24-22-13-7-6-12-20(21)22;/h1-14,23-24H,15-16H2;1H/t23-;/m1./s1. The van der Waals surface area contributed by atoms with E-state index >= 15 is 0 Å². The van der Waals surface area contributed by atoms with E-state index in [2.05, 4.69) is 4.98 Å². The highest BCUT2D eigenvalue weighted by Gasteiger charge is 2.39. The van der Waals surface area contributed by atoms with E-state index in [1.807, 2.05) is 85.1 Å². The van der Waals surface area contributed by atoms with Crippen LogP contribution in [0.5, 0.6) is 0 Å². The maximum absolute atomic E-state index is 13.4. The average Bonchev–Trinajstić information content (AvgIpc) is 3.30. The number of aromatic nitrogens is 1. The first-order chi connectivity index (χ1) is 13.6. The van der Waals surface area contributed by atoms with Crippen molar-refractivity contribution in [2.24, 2.45) is 0 Å². The molecule has 0 saturated heterocycles. The number of rotatable bonds is 4. The molecule has 1 aromatic heterocycles. The third-order valence-electron chi connectivity index (χ3n) is 5.43. The van der Waals surface area contributed by atoms with Crippen LogP contribution in [0, 0.1) is 0 Å². The van der Waals surface area contributed by atoms with Gasteiger partial charge in [0.05, 0.1) is 11.8 Å². The molecule has 0 unspecified atom stereocenters. The minimum atomic E-state index is -3.51. The molecular formula is C23H22N2O2S. The average molecular weight is 391 g/mol. The number of nitrogens with one attached hydrogen (secondary N) is 1. The van der Waals surface area contributed by atoms with Gasteiger partial charge < -0.3 is 4.98 Å². The van der Waals surface area contributed by atoms with Gasteiger partial charge in [-0.25, -0.2) is 8.42 Å². The highest BCUT2D eigenvalue weighted by Crippen LogP contribution is 2.43. The SMILES string of the molecule is O=S(=O)(Cc1ccccc1)N1Cc2ccccc2[C@@H]1c1c[nH]c2ccccc12.[HH]. The number of H-pyrrole nitrogens is 1. The smallest absolute Gasteiger partial charge is 0.219 e. The van der Waals surface area contributed by atoms with Crippen LogP contribution in [0.2, 0.25) is 0 Å². The van der Waals surface area contributed by atoms with Crippen LogP contribution in [0.1, 0.15) is 29.7 Å². The molecule has 0 radical (unpaired) electrons. The number of aromatic amines is 1. The van der Waals surface area contributed by atoms with E-state index in [-0.39, 0.29) is 13.2 Å². The molecule has 4 aromatic rings. The Balaban J connectivity index is 0.00000205. The second-order valence-electron chi connectivity index (χ2n) is 7.18. The molecule has 1 N–H and O–H groups in total. The van der Waals surface area contributed by atoms with Crippen molar-refractivity contribution < 1.29 is 9.84 Å². The van der Waals surface area contributed by atoms with Crippen molar-refractivity contribution in [3.8, 4) is 0 Å². The molecule has 28 heavy (non-hydrogen) atoms. The first-order valence-electron chi connectivity index (χ1n) is 9.31. The van der Waals surface area contributed by atoms with Crippen LogP contribution in [0.15, 0.2) is 85.1 Å². The highest BCUT2D eigenvalue weighted by atomic mass is 32.2. The quantitative estimate of drug-likeness (QED) is 0.542. The summed E-state index contributed by atoms with van der Waals surface area (Å²) < 4.78 is 28.5. The number of para-hydroxylation sites is 1. The van der Waals surface area contributed by atoms with Crippen molar-refractivity contribution in [2.75, 3.05) is 0 Å².